The molecule has 1 aromatic rings. The van der Waals surface area contributed by atoms with E-state index in [9.17, 15) is 4.79 Å². The number of carbonyl (C=O) groups excluding carboxylic acids is 1. The summed E-state index contributed by atoms with van der Waals surface area (Å²) in [5.41, 5.74) is 0.742. The molecule has 4 heteroatoms. The Hall–Kier alpha value is -0.900. The first-order valence-corrected chi connectivity index (χ1v) is 6.93. The topological polar surface area (TPSA) is 42.0 Å². The van der Waals surface area contributed by atoms with E-state index in [1.807, 2.05) is 12.1 Å². The highest BCUT2D eigenvalue weighted by atomic mass is 79.9. The van der Waals surface area contributed by atoms with Gasteiger partial charge in [0.25, 0.3) is 0 Å². The van der Waals surface area contributed by atoms with Crippen molar-refractivity contribution < 1.29 is 4.79 Å². The summed E-state index contributed by atoms with van der Waals surface area (Å²) in [4.78, 5) is 15.7. The lowest BCUT2D eigenvalue weighted by atomic mass is 10.1. The molecule has 17 heavy (non-hydrogen) atoms. The summed E-state index contributed by atoms with van der Waals surface area (Å²) >= 11 is 3.30. The summed E-state index contributed by atoms with van der Waals surface area (Å²) in [5.74, 6) is 0.0650. The molecule has 0 spiro atoms. The summed E-state index contributed by atoms with van der Waals surface area (Å²) in [7, 11) is 0. The van der Waals surface area contributed by atoms with E-state index in [-0.39, 0.29) is 5.91 Å². The molecule has 3 nitrogen and oxygen atoms in total. The van der Waals surface area contributed by atoms with Crippen LogP contribution in [0.5, 0.6) is 0 Å². The fourth-order valence-corrected chi connectivity index (χ4v) is 1.93. The van der Waals surface area contributed by atoms with Gasteiger partial charge in [0.2, 0.25) is 5.91 Å². The van der Waals surface area contributed by atoms with Crippen molar-refractivity contribution in [3.8, 4) is 0 Å². The lowest BCUT2D eigenvalue weighted by molar-refractivity contribution is -0.116. The predicted molar refractivity (Wildman–Crippen MR) is 73.9 cm³/mol. The van der Waals surface area contributed by atoms with Crippen molar-refractivity contribution in [1.29, 1.82) is 0 Å². The van der Waals surface area contributed by atoms with Crippen LogP contribution in [0.1, 0.15) is 45.4 Å². The Bertz CT molecular complexity index is 355. The van der Waals surface area contributed by atoms with Gasteiger partial charge in [-0.1, -0.05) is 32.6 Å². The van der Waals surface area contributed by atoms with Gasteiger partial charge in [-0.2, -0.15) is 0 Å². The van der Waals surface area contributed by atoms with Crippen LogP contribution in [0.15, 0.2) is 22.9 Å². The molecule has 0 atom stereocenters. The third-order valence-electron chi connectivity index (χ3n) is 2.54. The van der Waals surface area contributed by atoms with E-state index in [4.69, 9.17) is 0 Å². The summed E-state index contributed by atoms with van der Waals surface area (Å²) in [5, 5.41) is 2.85. The SMILES string of the molecule is CCCCCCCC(=O)Nc1cccnc1Br. The average Bonchev–Trinajstić information content (AvgIpc) is 2.32. The van der Waals surface area contributed by atoms with Crippen LogP contribution in [0, 0.1) is 0 Å². The number of pyridine rings is 1. The minimum atomic E-state index is 0.0650. The van der Waals surface area contributed by atoms with Gasteiger partial charge in [0, 0.05) is 12.6 Å². The number of unbranched alkanes of at least 4 members (excludes halogenated alkanes) is 4. The highest BCUT2D eigenvalue weighted by molar-refractivity contribution is 9.10. The molecule has 0 bridgehead atoms. The zero-order chi connectivity index (χ0) is 12.5. The van der Waals surface area contributed by atoms with E-state index in [0.717, 1.165) is 18.5 Å². The number of amides is 1. The summed E-state index contributed by atoms with van der Waals surface area (Å²) in [6, 6.07) is 3.65. The second kappa shape index (κ2) is 8.23. The smallest absolute Gasteiger partial charge is 0.224 e. The number of anilines is 1. The first-order valence-electron chi connectivity index (χ1n) is 6.14. The quantitative estimate of drug-likeness (QED) is 0.607. The molecule has 1 N–H and O–H groups in total. The number of hydrogen-bond acceptors (Lipinski definition) is 2. The molecule has 0 aliphatic rings. The van der Waals surface area contributed by atoms with Crippen molar-refractivity contribution in [1.82, 2.24) is 4.98 Å². The van der Waals surface area contributed by atoms with Gasteiger partial charge in [-0.3, -0.25) is 4.79 Å². The Kier molecular flexibility index (Phi) is 6.86. The maximum atomic E-state index is 11.6. The zero-order valence-electron chi connectivity index (χ0n) is 10.2. The molecule has 94 valence electrons. The van der Waals surface area contributed by atoms with Gasteiger partial charge < -0.3 is 5.32 Å². The van der Waals surface area contributed by atoms with Crippen molar-refractivity contribution >= 4 is 27.5 Å². The van der Waals surface area contributed by atoms with E-state index in [0.29, 0.717) is 11.0 Å². The molecule has 0 aliphatic heterocycles. The Morgan fingerprint density at radius 1 is 1.35 bits per heavy atom. The van der Waals surface area contributed by atoms with Crippen molar-refractivity contribution in [3.63, 3.8) is 0 Å². The van der Waals surface area contributed by atoms with E-state index in [2.05, 4.69) is 33.2 Å². The van der Waals surface area contributed by atoms with Crippen LogP contribution in [-0.4, -0.2) is 10.9 Å². The van der Waals surface area contributed by atoms with Gasteiger partial charge in [-0.15, -0.1) is 0 Å². The van der Waals surface area contributed by atoms with Gasteiger partial charge in [-0.05, 0) is 34.5 Å². The van der Waals surface area contributed by atoms with E-state index in [1.54, 1.807) is 6.20 Å². The summed E-state index contributed by atoms with van der Waals surface area (Å²) < 4.78 is 0.680. The molecule has 0 radical (unpaired) electrons. The summed E-state index contributed by atoms with van der Waals surface area (Å²) in [6.45, 7) is 2.19. The molecule has 0 saturated heterocycles. The fraction of sp³-hybridized carbons (Fsp3) is 0.538. The van der Waals surface area contributed by atoms with E-state index in [1.165, 1.54) is 19.3 Å². The first-order chi connectivity index (χ1) is 8.24. The Labute approximate surface area is 111 Å². The van der Waals surface area contributed by atoms with Crippen molar-refractivity contribution in [3.05, 3.63) is 22.9 Å². The molecular formula is C13H19BrN2O. The van der Waals surface area contributed by atoms with Crippen LogP contribution in [-0.2, 0) is 4.79 Å². The van der Waals surface area contributed by atoms with Crippen LogP contribution < -0.4 is 5.32 Å². The molecule has 0 saturated carbocycles. The molecule has 0 fully saturated rings. The van der Waals surface area contributed by atoms with Gasteiger partial charge in [0.1, 0.15) is 4.60 Å². The van der Waals surface area contributed by atoms with Gasteiger partial charge in [-0.25, -0.2) is 4.98 Å². The lowest BCUT2D eigenvalue weighted by Gasteiger charge is -2.06. The molecule has 1 aromatic heterocycles. The highest BCUT2D eigenvalue weighted by Gasteiger charge is 2.05. The monoisotopic (exact) mass is 298 g/mol. The van der Waals surface area contributed by atoms with Crippen molar-refractivity contribution in [2.24, 2.45) is 0 Å². The molecule has 1 amide bonds. The maximum Gasteiger partial charge on any atom is 0.224 e. The first kappa shape index (κ1) is 14.2. The normalized spacial score (nSPS) is 10.2. The third-order valence-corrected chi connectivity index (χ3v) is 3.17. The zero-order valence-corrected chi connectivity index (χ0v) is 11.8. The maximum absolute atomic E-state index is 11.6. The van der Waals surface area contributed by atoms with Gasteiger partial charge in [0.15, 0.2) is 0 Å². The number of nitrogens with one attached hydrogen (secondary N) is 1. The van der Waals surface area contributed by atoms with E-state index >= 15 is 0 Å². The molecule has 0 aliphatic carbocycles. The number of nitrogens with zero attached hydrogens (tertiary/aromatic N) is 1. The van der Waals surface area contributed by atoms with E-state index < -0.39 is 0 Å². The lowest BCUT2D eigenvalue weighted by Crippen LogP contribution is -2.11. The van der Waals surface area contributed by atoms with Crippen LogP contribution in [0.2, 0.25) is 0 Å². The second-order valence-corrected chi connectivity index (χ2v) is 4.81. The number of carbonyl (C=O) groups is 1. The highest BCUT2D eigenvalue weighted by Crippen LogP contribution is 2.18. The molecule has 1 heterocycles. The number of aromatic nitrogens is 1. The molecular weight excluding hydrogens is 280 g/mol. The van der Waals surface area contributed by atoms with Gasteiger partial charge in [0.05, 0.1) is 5.69 Å². The van der Waals surface area contributed by atoms with Crippen molar-refractivity contribution in [2.75, 3.05) is 5.32 Å². The molecule has 1 rings (SSSR count). The minimum Gasteiger partial charge on any atom is -0.324 e. The minimum absolute atomic E-state index is 0.0650. The largest absolute Gasteiger partial charge is 0.324 e. The Morgan fingerprint density at radius 3 is 2.82 bits per heavy atom. The summed E-state index contributed by atoms with van der Waals surface area (Å²) in [6.07, 6.45) is 8.08. The van der Waals surface area contributed by atoms with Crippen molar-refractivity contribution in [2.45, 2.75) is 45.4 Å². The molecule has 0 unspecified atom stereocenters. The van der Waals surface area contributed by atoms with Gasteiger partial charge >= 0.3 is 0 Å². The van der Waals surface area contributed by atoms with Crippen LogP contribution in [0.25, 0.3) is 0 Å². The predicted octanol–water partition coefficient (Wildman–Crippen LogP) is 4.14. The average molecular weight is 299 g/mol. The number of rotatable bonds is 7. The standard InChI is InChI=1S/C13H19BrN2O/c1-2-3-4-5-6-9-12(17)16-11-8-7-10-15-13(11)14/h7-8,10H,2-6,9H2,1H3,(H,16,17). The fourth-order valence-electron chi connectivity index (χ4n) is 1.58. The number of halogens is 1. The Morgan fingerprint density at radius 2 is 2.12 bits per heavy atom. The Balaban J connectivity index is 2.23. The van der Waals surface area contributed by atoms with Crippen LogP contribution in [0.4, 0.5) is 5.69 Å². The third kappa shape index (κ3) is 5.82. The van der Waals surface area contributed by atoms with Crippen LogP contribution >= 0.6 is 15.9 Å². The number of hydrogen-bond donors (Lipinski definition) is 1. The van der Waals surface area contributed by atoms with Crippen LogP contribution in [0.3, 0.4) is 0 Å². The molecule has 0 aromatic carbocycles. The second-order valence-electron chi connectivity index (χ2n) is 4.05.